The summed E-state index contributed by atoms with van der Waals surface area (Å²) in [6.07, 6.45) is 1.77. The molecule has 1 amide bonds. The van der Waals surface area contributed by atoms with Crippen LogP contribution in [-0.2, 0) is 6.42 Å². The third-order valence-corrected chi connectivity index (χ3v) is 3.36. The van der Waals surface area contributed by atoms with Gasteiger partial charge < -0.3 is 0 Å². The van der Waals surface area contributed by atoms with Gasteiger partial charge in [0.25, 0.3) is 5.91 Å². The smallest absolute Gasteiger partial charge is 0.267 e. The van der Waals surface area contributed by atoms with Crippen LogP contribution < -0.4 is 5.43 Å². The van der Waals surface area contributed by atoms with E-state index in [1.807, 2.05) is 18.2 Å². The van der Waals surface area contributed by atoms with Crippen LogP contribution in [0.15, 0.2) is 53.6 Å². The molecule has 3 nitrogen and oxygen atoms in total. The van der Waals surface area contributed by atoms with Crippen molar-refractivity contribution in [3.8, 4) is 0 Å². The summed E-state index contributed by atoms with van der Waals surface area (Å²) < 4.78 is 12.8. The Balaban J connectivity index is 1.75. The summed E-state index contributed by atoms with van der Waals surface area (Å²) in [5.41, 5.74) is 6.15. The number of fused-ring (bicyclic) bond motifs is 1. The highest BCUT2D eigenvalue weighted by Gasteiger charge is 2.17. The number of nitrogens with zero attached hydrogens (tertiary/aromatic N) is 1. The molecule has 0 atom stereocenters. The Morgan fingerprint density at radius 2 is 1.80 bits per heavy atom. The fourth-order valence-electron chi connectivity index (χ4n) is 2.31. The molecule has 2 aromatic rings. The summed E-state index contributed by atoms with van der Waals surface area (Å²) in [5.74, 6) is -0.695. The van der Waals surface area contributed by atoms with Gasteiger partial charge in [-0.2, -0.15) is 5.10 Å². The molecule has 4 heteroatoms. The molecule has 2 aromatic carbocycles. The summed E-state index contributed by atoms with van der Waals surface area (Å²) in [7, 11) is 0. The number of amides is 1. The summed E-state index contributed by atoms with van der Waals surface area (Å²) in [6.45, 7) is 0. The predicted octanol–water partition coefficient (Wildman–Crippen LogP) is 2.91. The van der Waals surface area contributed by atoms with Gasteiger partial charge in [0.15, 0.2) is 0 Å². The third-order valence-electron chi connectivity index (χ3n) is 3.36. The van der Waals surface area contributed by atoms with Crippen LogP contribution >= 0.6 is 0 Å². The Bertz CT molecular complexity index is 677. The van der Waals surface area contributed by atoms with E-state index in [9.17, 15) is 9.18 Å². The fourth-order valence-corrected chi connectivity index (χ4v) is 2.31. The van der Waals surface area contributed by atoms with Crippen LogP contribution in [-0.4, -0.2) is 11.6 Å². The quantitative estimate of drug-likeness (QED) is 0.836. The highest BCUT2D eigenvalue weighted by atomic mass is 19.1. The number of hydrogen-bond donors (Lipinski definition) is 1. The van der Waals surface area contributed by atoms with Crippen LogP contribution in [0.5, 0.6) is 0 Å². The molecule has 0 aromatic heterocycles. The van der Waals surface area contributed by atoms with Crippen LogP contribution in [0.25, 0.3) is 0 Å². The normalized spacial score (nSPS) is 15.2. The van der Waals surface area contributed by atoms with Crippen LogP contribution in [0.3, 0.4) is 0 Å². The van der Waals surface area contributed by atoms with Crippen molar-refractivity contribution < 1.29 is 9.18 Å². The zero-order chi connectivity index (χ0) is 13.9. The topological polar surface area (TPSA) is 41.5 Å². The highest BCUT2D eigenvalue weighted by Crippen LogP contribution is 2.21. The Morgan fingerprint density at radius 3 is 2.60 bits per heavy atom. The van der Waals surface area contributed by atoms with Gasteiger partial charge in [0.05, 0.1) is 5.71 Å². The standard InChI is InChI=1S/C16H13FN2O/c17-13-8-5-12(6-9-13)16(20)19-18-15-10-7-11-3-1-2-4-14(11)15/h1-6,8-9H,7,10H2,(H,19,20). The first kappa shape index (κ1) is 12.5. The van der Waals surface area contributed by atoms with Gasteiger partial charge in [0.1, 0.15) is 5.82 Å². The molecule has 1 N–H and O–H groups in total. The van der Waals surface area contributed by atoms with Gasteiger partial charge in [-0.05, 0) is 42.7 Å². The Kier molecular flexibility index (Phi) is 3.29. The van der Waals surface area contributed by atoms with Crippen molar-refractivity contribution in [1.29, 1.82) is 0 Å². The molecule has 1 aliphatic carbocycles. The number of carbonyl (C=O) groups excluding carboxylic acids is 1. The van der Waals surface area contributed by atoms with Gasteiger partial charge in [-0.1, -0.05) is 24.3 Å². The van der Waals surface area contributed by atoms with E-state index in [0.717, 1.165) is 24.1 Å². The van der Waals surface area contributed by atoms with Gasteiger partial charge in [-0.25, -0.2) is 9.82 Å². The minimum atomic E-state index is -0.363. The fraction of sp³-hybridized carbons (Fsp3) is 0.125. The van der Waals surface area contributed by atoms with Crippen molar-refractivity contribution in [2.45, 2.75) is 12.8 Å². The summed E-state index contributed by atoms with van der Waals surface area (Å²) >= 11 is 0. The molecular formula is C16H13FN2O. The average Bonchev–Trinajstić information content (AvgIpc) is 2.89. The SMILES string of the molecule is O=C(NN=C1CCc2ccccc21)c1ccc(F)cc1. The van der Waals surface area contributed by atoms with Crippen molar-refractivity contribution in [3.63, 3.8) is 0 Å². The zero-order valence-electron chi connectivity index (χ0n) is 10.8. The minimum Gasteiger partial charge on any atom is -0.267 e. The highest BCUT2D eigenvalue weighted by molar-refractivity contribution is 6.05. The molecule has 0 spiro atoms. The number of nitrogens with one attached hydrogen (secondary N) is 1. The lowest BCUT2D eigenvalue weighted by atomic mass is 10.1. The molecule has 20 heavy (non-hydrogen) atoms. The molecule has 0 aliphatic heterocycles. The Morgan fingerprint density at radius 1 is 1.05 bits per heavy atom. The molecular weight excluding hydrogens is 255 g/mol. The molecule has 0 saturated heterocycles. The van der Waals surface area contributed by atoms with E-state index >= 15 is 0 Å². The van der Waals surface area contributed by atoms with E-state index in [1.54, 1.807) is 0 Å². The largest absolute Gasteiger partial charge is 0.271 e. The Labute approximate surface area is 116 Å². The summed E-state index contributed by atoms with van der Waals surface area (Å²) in [4.78, 5) is 11.9. The molecule has 100 valence electrons. The summed E-state index contributed by atoms with van der Waals surface area (Å²) in [6, 6.07) is 13.4. The molecule has 0 radical (unpaired) electrons. The first-order valence-corrected chi connectivity index (χ1v) is 6.45. The molecule has 1 aliphatic rings. The average molecular weight is 268 g/mol. The lowest BCUT2D eigenvalue weighted by Gasteiger charge is -2.02. The van der Waals surface area contributed by atoms with Gasteiger partial charge in [-0.15, -0.1) is 0 Å². The molecule has 0 fully saturated rings. The first-order valence-electron chi connectivity index (χ1n) is 6.45. The summed E-state index contributed by atoms with van der Waals surface area (Å²) in [5, 5.41) is 4.19. The number of hydrazone groups is 1. The maximum Gasteiger partial charge on any atom is 0.271 e. The van der Waals surface area contributed by atoms with Crippen LogP contribution in [0.1, 0.15) is 27.9 Å². The van der Waals surface area contributed by atoms with E-state index < -0.39 is 0 Å². The number of rotatable bonds is 2. The van der Waals surface area contributed by atoms with Gasteiger partial charge in [0.2, 0.25) is 0 Å². The first-order chi connectivity index (χ1) is 9.74. The monoisotopic (exact) mass is 268 g/mol. The van der Waals surface area contributed by atoms with Crippen molar-refractivity contribution in [2.75, 3.05) is 0 Å². The lowest BCUT2D eigenvalue weighted by Crippen LogP contribution is -2.19. The van der Waals surface area contributed by atoms with Gasteiger partial charge in [-0.3, -0.25) is 4.79 Å². The number of halogens is 1. The van der Waals surface area contributed by atoms with Crippen molar-refractivity contribution in [2.24, 2.45) is 5.10 Å². The Hall–Kier alpha value is -2.49. The third kappa shape index (κ3) is 2.45. The van der Waals surface area contributed by atoms with E-state index in [0.29, 0.717) is 5.56 Å². The van der Waals surface area contributed by atoms with Crippen LogP contribution in [0.2, 0.25) is 0 Å². The lowest BCUT2D eigenvalue weighted by molar-refractivity contribution is 0.0955. The van der Waals surface area contributed by atoms with E-state index in [2.05, 4.69) is 16.6 Å². The number of hydrogen-bond acceptors (Lipinski definition) is 2. The van der Waals surface area contributed by atoms with Crippen LogP contribution in [0, 0.1) is 5.82 Å². The second kappa shape index (κ2) is 5.25. The maximum absolute atomic E-state index is 12.8. The van der Waals surface area contributed by atoms with E-state index in [1.165, 1.54) is 29.8 Å². The van der Waals surface area contributed by atoms with E-state index in [-0.39, 0.29) is 11.7 Å². The van der Waals surface area contributed by atoms with Crippen LogP contribution in [0.4, 0.5) is 4.39 Å². The number of aryl methyl sites for hydroxylation is 1. The van der Waals surface area contributed by atoms with Crippen molar-refractivity contribution in [1.82, 2.24) is 5.43 Å². The molecule has 0 saturated carbocycles. The molecule has 0 unspecified atom stereocenters. The zero-order valence-corrected chi connectivity index (χ0v) is 10.8. The second-order valence-electron chi connectivity index (χ2n) is 4.66. The second-order valence-corrected chi connectivity index (χ2v) is 4.66. The molecule has 3 rings (SSSR count). The van der Waals surface area contributed by atoms with Gasteiger partial charge >= 0.3 is 0 Å². The van der Waals surface area contributed by atoms with E-state index in [4.69, 9.17) is 0 Å². The number of benzene rings is 2. The van der Waals surface area contributed by atoms with Crippen molar-refractivity contribution >= 4 is 11.6 Å². The minimum absolute atomic E-state index is 0.332. The van der Waals surface area contributed by atoms with Gasteiger partial charge in [0, 0.05) is 11.1 Å². The predicted molar refractivity (Wildman–Crippen MR) is 75.2 cm³/mol. The maximum atomic E-state index is 12.8. The molecule has 0 bridgehead atoms. The number of carbonyl (C=O) groups is 1. The molecule has 0 heterocycles. The van der Waals surface area contributed by atoms with Crippen molar-refractivity contribution in [3.05, 3.63) is 71.0 Å².